The minimum Gasteiger partial charge on any atom is -0.491 e. The van der Waals surface area contributed by atoms with Crippen LogP contribution < -0.4 is 19.5 Å². The van der Waals surface area contributed by atoms with Crippen LogP contribution in [0.15, 0.2) is 42.5 Å². The van der Waals surface area contributed by atoms with Crippen molar-refractivity contribution in [1.29, 1.82) is 0 Å². The molecule has 5 heteroatoms. The van der Waals surface area contributed by atoms with Crippen LogP contribution in [-0.4, -0.2) is 27.1 Å². The maximum absolute atomic E-state index is 5.73. The van der Waals surface area contributed by atoms with E-state index in [4.69, 9.17) is 18.9 Å². The molecule has 0 radical (unpaired) electrons. The fourth-order valence-corrected chi connectivity index (χ4v) is 2.23. The van der Waals surface area contributed by atoms with Crippen molar-refractivity contribution >= 4 is 5.69 Å². The zero-order chi connectivity index (χ0) is 15.2. The molecule has 0 unspecified atom stereocenters. The van der Waals surface area contributed by atoms with E-state index in [0.29, 0.717) is 19.8 Å². The van der Waals surface area contributed by atoms with E-state index in [1.165, 1.54) is 0 Å². The molecule has 0 aliphatic carbocycles. The number of para-hydroxylation sites is 1. The molecule has 22 heavy (non-hydrogen) atoms. The third kappa shape index (κ3) is 3.43. The summed E-state index contributed by atoms with van der Waals surface area (Å²) in [6.45, 7) is 2.07. The molecule has 1 aliphatic heterocycles. The van der Waals surface area contributed by atoms with Gasteiger partial charge < -0.3 is 24.3 Å². The van der Waals surface area contributed by atoms with Gasteiger partial charge in [0.2, 0.25) is 6.79 Å². The number of ether oxygens (including phenoxy) is 4. The molecule has 0 amide bonds. The number of hydrogen-bond acceptors (Lipinski definition) is 5. The Hall–Kier alpha value is -2.40. The average Bonchev–Trinajstić information content (AvgIpc) is 3.02. The molecule has 0 saturated carbocycles. The Labute approximate surface area is 129 Å². The van der Waals surface area contributed by atoms with E-state index in [2.05, 4.69) is 5.32 Å². The van der Waals surface area contributed by atoms with Gasteiger partial charge in [-0.1, -0.05) is 18.2 Å². The van der Waals surface area contributed by atoms with Gasteiger partial charge in [0.25, 0.3) is 0 Å². The minimum atomic E-state index is 0.287. The molecule has 0 spiro atoms. The van der Waals surface area contributed by atoms with Crippen LogP contribution in [0.4, 0.5) is 5.69 Å². The van der Waals surface area contributed by atoms with Gasteiger partial charge in [0.1, 0.15) is 12.4 Å². The van der Waals surface area contributed by atoms with E-state index >= 15 is 0 Å². The molecule has 2 aromatic rings. The van der Waals surface area contributed by atoms with Crippen molar-refractivity contribution in [2.24, 2.45) is 0 Å². The van der Waals surface area contributed by atoms with Crippen molar-refractivity contribution < 1.29 is 18.9 Å². The van der Waals surface area contributed by atoms with Crippen molar-refractivity contribution in [2.75, 3.05) is 32.4 Å². The van der Waals surface area contributed by atoms with Crippen molar-refractivity contribution in [3.8, 4) is 17.2 Å². The fourth-order valence-electron chi connectivity index (χ4n) is 2.23. The predicted molar refractivity (Wildman–Crippen MR) is 83.7 cm³/mol. The summed E-state index contributed by atoms with van der Waals surface area (Å²) in [4.78, 5) is 0. The summed E-state index contributed by atoms with van der Waals surface area (Å²) in [7, 11) is 1.66. The summed E-state index contributed by atoms with van der Waals surface area (Å²) in [6, 6.07) is 13.8. The highest BCUT2D eigenvalue weighted by Gasteiger charge is 2.13. The van der Waals surface area contributed by atoms with Gasteiger partial charge in [-0.2, -0.15) is 0 Å². The molecule has 0 fully saturated rings. The number of hydrogen-bond donors (Lipinski definition) is 1. The van der Waals surface area contributed by atoms with Gasteiger partial charge in [-0.25, -0.2) is 0 Å². The molecule has 0 atom stereocenters. The molecule has 5 nitrogen and oxygen atoms in total. The summed E-state index contributed by atoms with van der Waals surface area (Å²) in [5, 5.41) is 3.37. The Balaban J connectivity index is 1.63. The van der Waals surface area contributed by atoms with Gasteiger partial charge in [-0.05, 0) is 18.2 Å². The first-order valence-corrected chi connectivity index (χ1v) is 7.20. The molecule has 1 heterocycles. The summed E-state index contributed by atoms with van der Waals surface area (Å²) in [5.41, 5.74) is 2.08. The first kappa shape index (κ1) is 14.5. The van der Waals surface area contributed by atoms with Gasteiger partial charge in [-0.15, -0.1) is 0 Å². The number of fused-ring (bicyclic) bond motifs is 1. The van der Waals surface area contributed by atoms with Crippen molar-refractivity contribution in [3.63, 3.8) is 0 Å². The molecule has 0 bridgehead atoms. The van der Waals surface area contributed by atoms with E-state index < -0.39 is 0 Å². The highest BCUT2D eigenvalue weighted by molar-refractivity contribution is 5.56. The lowest BCUT2D eigenvalue weighted by Gasteiger charge is -2.13. The normalized spacial score (nSPS) is 12.2. The highest BCUT2D eigenvalue weighted by Crippen LogP contribution is 2.34. The van der Waals surface area contributed by atoms with E-state index in [0.717, 1.165) is 28.5 Å². The standard InChI is InChI=1S/C17H19NO4/c1-19-8-9-20-15-5-3-2-4-13(15)11-18-14-6-7-16-17(10-14)22-12-21-16/h2-7,10,18H,8-9,11-12H2,1H3. The molecule has 3 rings (SSSR count). The quantitative estimate of drug-likeness (QED) is 0.797. The maximum atomic E-state index is 5.73. The van der Waals surface area contributed by atoms with Crippen LogP contribution in [0.2, 0.25) is 0 Å². The number of nitrogens with one attached hydrogen (secondary N) is 1. The van der Waals surface area contributed by atoms with Crippen LogP contribution in [0.1, 0.15) is 5.56 Å². The number of benzene rings is 2. The van der Waals surface area contributed by atoms with E-state index in [-0.39, 0.29) is 6.79 Å². The molecule has 0 saturated heterocycles. The Morgan fingerprint density at radius 1 is 1.05 bits per heavy atom. The maximum Gasteiger partial charge on any atom is 0.231 e. The topological polar surface area (TPSA) is 49.0 Å². The Morgan fingerprint density at radius 2 is 1.91 bits per heavy atom. The van der Waals surface area contributed by atoms with Crippen LogP contribution in [-0.2, 0) is 11.3 Å². The Morgan fingerprint density at radius 3 is 2.82 bits per heavy atom. The van der Waals surface area contributed by atoms with Crippen LogP contribution in [0.3, 0.4) is 0 Å². The fraction of sp³-hybridized carbons (Fsp3) is 0.294. The van der Waals surface area contributed by atoms with E-state index in [1.54, 1.807) is 7.11 Å². The third-order valence-corrected chi connectivity index (χ3v) is 3.37. The minimum absolute atomic E-state index is 0.287. The smallest absolute Gasteiger partial charge is 0.231 e. The lowest BCUT2D eigenvalue weighted by atomic mass is 10.2. The molecule has 0 aromatic heterocycles. The summed E-state index contributed by atoms with van der Waals surface area (Å²) < 4.78 is 21.4. The second-order valence-electron chi connectivity index (χ2n) is 4.87. The van der Waals surface area contributed by atoms with Gasteiger partial charge in [0.05, 0.1) is 6.61 Å². The second kappa shape index (κ2) is 7.04. The molecular weight excluding hydrogens is 282 g/mol. The molecule has 116 valence electrons. The zero-order valence-corrected chi connectivity index (χ0v) is 12.5. The van der Waals surface area contributed by atoms with E-state index in [9.17, 15) is 0 Å². The molecular formula is C17H19NO4. The molecule has 1 aliphatic rings. The monoisotopic (exact) mass is 301 g/mol. The van der Waals surface area contributed by atoms with Crippen LogP contribution in [0.25, 0.3) is 0 Å². The second-order valence-corrected chi connectivity index (χ2v) is 4.87. The van der Waals surface area contributed by atoms with Crippen molar-refractivity contribution in [1.82, 2.24) is 0 Å². The van der Waals surface area contributed by atoms with E-state index in [1.807, 2.05) is 42.5 Å². The number of methoxy groups -OCH3 is 1. The third-order valence-electron chi connectivity index (χ3n) is 3.37. The summed E-state index contributed by atoms with van der Waals surface area (Å²) in [5.74, 6) is 2.43. The number of rotatable bonds is 7. The largest absolute Gasteiger partial charge is 0.491 e. The van der Waals surface area contributed by atoms with Gasteiger partial charge in [0, 0.05) is 31.0 Å². The summed E-state index contributed by atoms with van der Waals surface area (Å²) >= 11 is 0. The molecule has 1 N–H and O–H groups in total. The first-order chi connectivity index (χ1) is 10.9. The van der Waals surface area contributed by atoms with Crippen LogP contribution in [0, 0.1) is 0 Å². The number of anilines is 1. The van der Waals surface area contributed by atoms with Gasteiger partial charge in [-0.3, -0.25) is 0 Å². The summed E-state index contributed by atoms with van der Waals surface area (Å²) in [6.07, 6.45) is 0. The van der Waals surface area contributed by atoms with Crippen LogP contribution in [0.5, 0.6) is 17.2 Å². The molecule has 2 aromatic carbocycles. The lowest BCUT2D eigenvalue weighted by Crippen LogP contribution is -2.07. The van der Waals surface area contributed by atoms with Crippen LogP contribution >= 0.6 is 0 Å². The SMILES string of the molecule is COCCOc1ccccc1CNc1ccc2c(c1)OCO2. The Bertz CT molecular complexity index is 630. The van der Waals surface area contributed by atoms with Gasteiger partial charge in [0.15, 0.2) is 11.5 Å². The Kier molecular flexibility index (Phi) is 4.65. The first-order valence-electron chi connectivity index (χ1n) is 7.20. The predicted octanol–water partition coefficient (Wildman–Crippen LogP) is 3.05. The van der Waals surface area contributed by atoms with Gasteiger partial charge >= 0.3 is 0 Å². The lowest BCUT2D eigenvalue weighted by molar-refractivity contribution is 0.146. The zero-order valence-electron chi connectivity index (χ0n) is 12.5. The highest BCUT2D eigenvalue weighted by atomic mass is 16.7. The average molecular weight is 301 g/mol. The van der Waals surface area contributed by atoms with Crippen molar-refractivity contribution in [3.05, 3.63) is 48.0 Å². The van der Waals surface area contributed by atoms with Crippen molar-refractivity contribution in [2.45, 2.75) is 6.54 Å².